The summed E-state index contributed by atoms with van der Waals surface area (Å²) in [5, 5.41) is 0. The molecule has 1 unspecified atom stereocenters. The first-order valence-corrected chi connectivity index (χ1v) is 8.39. The van der Waals surface area contributed by atoms with Crippen LogP contribution in [-0.2, 0) is 24.3 Å². The average molecular weight is 340 g/mol. The van der Waals surface area contributed by atoms with E-state index in [0.717, 1.165) is 28.4 Å². The molecular weight excluding hydrogens is 316 g/mol. The number of benzene rings is 1. The van der Waals surface area contributed by atoms with E-state index in [4.69, 9.17) is 4.74 Å². The zero-order chi connectivity index (χ0) is 18.0. The van der Waals surface area contributed by atoms with Gasteiger partial charge in [-0.1, -0.05) is 12.1 Å². The van der Waals surface area contributed by atoms with Crippen LogP contribution < -0.4 is 4.74 Å². The van der Waals surface area contributed by atoms with Crippen LogP contribution in [0.3, 0.4) is 0 Å². The number of carbonyl (C=O) groups excluding carboxylic acids is 1. The average Bonchev–Trinajstić information content (AvgIpc) is 3.04. The van der Waals surface area contributed by atoms with Gasteiger partial charge in [-0.25, -0.2) is 9.97 Å². The molecule has 1 aliphatic rings. The van der Waals surface area contributed by atoms with Gasteiger partial charge in [0.25, 0.3) is 0 Å². The first kappa shape index (κ1) is 17.4. The molecule has 2 aromatic rings. The fourth-order valence-corrected chi connectivity index (χ4v) is 2.85. The zero-order valence-corrected chi connectivity index (χ0v) is 15.2. The lowest BCUT2D eigenvalue weighted by Crippen LogP contribution is -2.41. The molecule has 0 spiro atoms. The largest absolute Gasteiger partial charge is 0.497 e. The van der Waals surface area contributed by atoms with Gasteiger partial charge in [-0.3, -0.25) is 9.69 Å². The molecule has 1 amide bonds. The number of fused-ring (bicyclic) bond motifs is 1. The molecule has 0 saturated carbocycles. The lowest BCUT2D eigenvalue weighted by atomic mass is 10.1. The first-order valence-electron chi connectivity index (χ1n) is 8.39. The van der Waals surface area contributed by atoms with Crippen molar-refractivity contribution < 1.29 is 9.53 Å². The van der Waals surface area contributed by atoms with E-state index in [1.807, 2.05) is 61.3 Å². The predicted molar refractivity (Wildman–Crippen MR) is 95.2 cm³/mol. The van der Waals surface area contributed by atoms with E-state index >= 15 is 0 Å². The van der Waals surface area contributed by atoms with Crippen molar-refractivity contribution in [3.63, 3.8) is 0 Å². The van der Waals surface area contributed by atoms with Crippen molar-refractivity contribution in [3.05, 3.63) is 53.1 Å². The molecule has 0 saturated heterocycles. The van der Waals surface area contributed by atoms with E-state index < -0.39 is 0 Å². The molecule has 132 valence electrons. The van der Waals surface area contributed by atoms with Gasteiger partial charge in [0, 0.05) is 24.7 Å². The van der Waals surface area contributed by atoms with Crippen molar-refractivity contribution in [3.8, 4) is 5.75 Å². The van der Waals surface area contributed by atoms with Crippen LogP contribution in [0.5, 0.6) is 5.75 Å². The van der Waals surface area contributed by atoms with Crippen LogP contribution >= 0.6 is 0 Å². The number of rotatable bonds is 5. The SMILES string of the molecule is COc1ccc(Cc2ncc3c(n2)CN(C(=O)C(C)N(C)C)C3)cc1. The summed E-state index contributed by atoms with van der Waals surface area (Å²) in [5.74, 6) is 1.74. The molecule has 0 fully saturated rings. The molecule has 3 rings (SSSR count). The Morgan fingerprint density at radius 2 is 2.00 bits per heavy atom. The Kier molecular flexibility index (Phi) is 4.99. The van der Waals surface area contributed by atoms with Crippen LogP contribution in [0.2, 0.25) is 0 Å². The molecule has 1 atom stereocenters. The van der Waals surface area contributed by atoms with Crippen molar-refractivity contribution in [1.82, 2.24) is 19.8 Å². The number of hydrogen-bond donors (Lipinski definition) is 0. The maximum absolute atomic E-state index is 12.5. The minimum atomic E-state index is -0.138. The molecule has 0 radical (unpaired) electrons. The van der Waals surface area contributed by atoms with Crippen molar-refractivity contribution in [1.29, 1.82) is 0 Å². The van der Waals surface area contributed by atoms with Crippen molar-refractivity contribution in [2.45, 2.75) is 32.5 Å². The highest BCUT2D eigenvalue weighted by Gasteiger charge is 2.29. The number of amides is 1. The van der Waals surface area contributed by atoms with Crippen LogP contribution in [0.15, 0.2) is 30.5 Å². The van der Waals surface area contributed by atoms with E-state index in [2.05, 4.69) is 9.97 Å². The predicted octanol–water partition coefficient (Wildman–Crippen LogP) is 1.87. The number of likely N-dealkylation sites (N-methyl/N-ethyl adjacent to an activating group) is 1. The van der Waals surface area contributed by atoms with Crippen LogP contribution in [0, 0.1) is 0 Å². The molecule has 1 aliphatic heterocycles. The lowest BCUT2D eigenvalue weighted by molar-refractivity contribution is -0.136. The monoisotopic (exact) mass is 340 g/mol. The van der Waals surface area contributed by atoms with Crippen LogP contribution in [-0.4, -0.2) is 52.9 Å². The van der Waals surface area contributed by atoms with Gasteiger partial charge in [0.05, 0.1) is 25.4 Å². The fraction of sp³-hybridized carbons (Fsp3) is 0.421. The van der Waals surface area contributed by atoms with Crippen LogP contribution in [0.4, 0.5) is 0 Å². The standard InChI is InChI=1S/C19H24N4O2/c1-13(22(2)3)19(24)23-11-15-10-20-18(21-17(15)12-23)9-14-5-7-16(25-4)8-6-14/h5-8,10,13H,9,11-12H2,1-4H3. The van der Waals surface area contributed by atoms with Gasteiger partial charge >= 0.3 is 0 Å². The third-order valence-electron chi connectivity index (χ3n) is 4.67. The quantitative estimate of drug-likeness (QED) is 0.832. The van der Waals surface area contributed by atoms with E-state index in [0.29, 0.717) is 19.5 Å². The second-order valence-corrected chi connectivity index (χ2v) is 6.62. The Balaban J connectivity index is 1.70. The van der Waals surface area contributed by atoms with Gasteiger partial charge in [0.15, 0.2) is 0 Å². The van der Waals surface area contributed by atoms with Gasteiger partial charge in [-0.05, 0) is 38.7 Å². The molecule has 0 N–H and O–H groups in total. The summed E-state index contributed by atoms with van der Waals surface area (Å²) in [4.78, 5) is 25.4. The number of methoxy groups -OCH3 is 1. The third-order valence-corrected chi connectivity index (χ3v) is 4.67. The summed E-state index contributed by atoms with van der Waals surface area (Å²) in [6.45, 7) is 3.08. The molecule has 1 aromatic carbocycles. The normalized spacial score (nSPS) is 14.5. The Morgan fingerprint density at radius 1 is 1.28 bits per heavy atom. The van der Waals surface area contributed by atoms with Gasteiger partial charge in [0.1, 0.15) is 11.6 Å². The van der Waals surface area contributed by atoms with Crippen molar-refractivity contribution in [2.24, 2.45) is 0 Å². The Bertz CT molecular complexity index is 759. The number of hydrogen-bond acceptors (Lipinski definition) is 5. The summed E-state index contributed by atoms with van der Waals surface area (Å²) in [7, 11) is 5.49. The smallest absolute Gasteiger partial charge is 0.240 e. The Labute approximate surface area is 148 Å². The third kappa shape index (κ3) is 3.79. The molecule has 6 heteroatoms. The summed E-state index contributed by atoms with van der Waals surface area (Å²) >= 11 is 0. The zero-order valence-electron chi connectivity index (χ0n) is 15.2. The highest BCUT2D eigenvalue weighted by Crippen LogP contribution is 2.22. The molecule has 6 nitrogen and oxygen atoms in total. The maximum atomic E-state index is 12.5. The molecule has 0 aliphatic carbocycles. The van der Waals surface area contributed by atoms with Crippen LogP contribution in [0.1, 0.15) is 29.6 Å². The lowest BCUT2D eigenvalue weighted by Gasteiger charge is -2.24. The van der Waals surface area contributed by atoms with Gasteiger partial charge in [-0.15, -0.1) is 0 Å². The molecule has 0 bridgehead atoms. The van der Waals surface area contributed by atoms with Crippen molar-refractivity contribution >= 4 is 5.91 Å². The number of carbonyl (C=O) groups is 1. The molecule has 1 aromatic heterocycles. The molecular formula is C19H24N4O2. The summed E-state index contributed by atoms with van der Waals surface area (Å²) in [6.07, 6.45) is 2.52. The summed E-state index contributed by atoms with van der Waals surface area (Å²) in [6, 6.07) is 7.77. The second-order valence-electron chi connectivity index (χ2n) is 6.62. The van der Waals surface area contributed by atoms with Crippen LogP contribution in [0.25, 0.3) is 0 Å². The van der Waals surface area contributed by atoms with Gasteiger partial charge < -0.3 is 9.64 Å². The van der Waals surface area contributed by atoms with E-state index in [1.54, 1.807) is 7.11 Å². The number of aromatic nitrogens is 2. The maximum Gasteiger partial charge on any atom is 0.240 e. The highest BCUT2D eigenvalue weighted by molar-refractivity contribution is 5.81. The number of ether oxygens (including phenoxy) is 1. The minimum absolute atomic E-state index is 0.125. The Hall–Kier alpha value is -2.47. The first-order chi connectivity index (χ1) is 12.0. The van der Waals surface area contributed by atoms with E-state index in [-0.39, 0.29) is 11.9 Å². The van der Waals surface area contributed by atoms with Gasteiger partial charge in [-0.2, -0.15) is 0 Å². The van der Waals surface area contributed by atoms with Crippen molar-refractivity contribution in [2.75, 3.05) is 21.2 Å². The topological polar surface area (TPSA) is 58.6 Å². The molecule has 2 heterocycles. The summed E-state index contributed by atoms with van der Waals surface area (Å²) < 4.78 is 5.18. The number of nitrogens with zero attached hydrogens (tertiary/aromatic N) is 4. The second kappa shape index (κ2) is 7.19. The minimum Gasteiger partial charge on any atom is -0.497 e. The Morgan fingerprint density at radius 3 is 2.64 bits per heavy atom. The fourth-order valence-electron chi connectivity index (χ4n) is 2.85. The van der Waals surface area contributed by atoms with Gasteiger partial charge in [0.2, 0.25) is 5.91 Å². The highest BCUT2D eigenvalue weighted by atomic mass is 16.5. The molecule has 25 heavy (non-hydrogen) atoms. The van der Waals surface area contributed by atoms with E-state index in [9.17, 15) is 4.79 Å². The van der Waals surface area contributed by atoms with E-state index in [1.165, 1.54) is 0 Å². The summed E-state index contributed by atoms with van der Waals surface area (Å²) in [5.41, 5.74) is 3.13.